The zero-order valence-electron chi connectivity index (χ0n) is 23.7. The standard InChI is InChI=1S/C33H32F3N7/c1-22-8-9-25(23(2)41-28-6-3-5-26(18-28)33(34,35)36)17-24(22)10-11-30-21-40-32-31(7-4-16-43(30)32)42-29(19-37)20-39-27-12-14-38-15-13-27/h3-9,16-21,27,38,41-42H,2,12-15,37H2,1H3. The minimum atomic E-state index is -4.43. The maximum atomic E-state index is 13.1. The number of anilines is 2. The van der Waals surface area contributed by atoms with Crippen LogP contribution < -0.4 is 21.7 Å². The van der Waals surface area contributed by atoms with Gasteiger partial charge in [0, 0.05) is 35.6 Å². The number of fused-ring (bicyclic) bond motifs is 1. The molecule has 0 spiro atoms. The van der Waals surface area contributed by atoms with Crippen molar-refractivity contribution < 1.29 is 13.2 Å². The molecule has 0 unspecified atom stereocenters. The van der Waals surface area contributed by atoms with Crippen molar-refractivity contribution in [2.24, 2.45) is 10.7 Å². The van der Waals surface area contributed by atoms with E-state index in [1.807, 2.05) is 47.9 Å². The van der Waals surface area contributed by atoms with Gasteiger partial charge in [-0.3, -0.25) is 9.39 Å². The fraction of sp³-hybridized carbons (Fsp3) is 0.212. The molecule has 0 atom stereocenters. The number of aliphatic imine (C=N–C) groups is 1. The molecule has 3 heterocycles. The van der Waals surface area contributed by atoms with E-state index in [1.165, 1.54) is 12.3 Å². The molecular formula is C33H32F3N7. The van der Waals surface area contributed by atoms with Gasteiger partial charge in [0.25, 0.3) is 0 Å². The first-order valence-electron chi connectivity index (χ1n) is 13.9. The Hall–Kier alpha value is -5.01. The third-order valence-electron chi connectivity index (χ3n) is 7.12. The van der Waals surface area contributed by atoms with E-state index < -0.39 is 11.7 Å². The predicted molar refractivity (Wildman–Crippen MR) is 167 cm³/mol. The minimum Gasteiger partial charge on any atom is -0.403 e. The van der Waals surface area contributed by atoms with Crippen LogP contribution in [0.25, 0.3) is 11.3 Å². The molecule has 7 nitrogen and oxygen atoms in total. The van der Waals surface area contributed by atoms with E-state index in [4.69, 9.17) is 5.73 Å². The van der Waals surface area contributed by atoms with Crippen LogP contribution in [0, 0.1) is 18.8 Å². The van der Waals surface area contributed by atoms with Gasteiger partial charge in [0.2, 0.25) is 0 Å². The van der Waals surface area contributed by atoms with Crippen molar-refractivity contribution in [3.05, 3.63) is 113 Å². The number of hydrogen-bond acceptors (Lipinski definition) is 6. The van der Waals surface area contributed by atoms with Gasteiger partial charge in [-0.2, -0.15) is 13.2 Å². The first kappa shape index (κ1) is 29.5. The Bertz CT molecular complexity index is 1750. The molecular weight excluding hydrogens is 551 g/mol. The lowest BCUT2D eigenvalue weighted by Crippen LogP contribution is -2.30. The topological polar surface area (TPSA) is 91.8 Å². The van der Waals surface area contributed by atoms with Crippen LogP contribution >= 0.6 is 0 Å². The summed E-state index contributed by atoms with van der Waals surface area (Å²) in [7, 11) is 0. The van der Waals surface area contributed by atoms with E-state index >= 15 is 0 Å². The van der Waals surface area contributed by atoms with Gasteiger partial charge in [-0.05, 0) is 86.3 Å². The van der Waals surface area contributed by atoms with Crippen LogP contribution in [0.5, 0.6) is 0 Å². The number of benzene rings is 2. The summed E-state index contributed by atoms with van der Waals surface area (Å²) in [4.78, 5) is 9.26. The van der Waals surface area contributed by atoms with E-state index in [1.54, 1.807) is 18.5 Å². The average molecular weight is 584 g/mol. The molecule has 0 saturated carbocycles. The van der Waals surface area contributed by atoms with Crippen molar-refractivity contribution in [1.82, 2.24) is 14.7 Å². The zero-order valence-corrected chi connectivity index (χ0v) is 23.7. The van der Waals surface area contributed by atoms with Crippen molar-refractivity contribution in [2.75, 3.05) is 23.7 Å². The highest BCUT2D eigenvalue weighted by atomic mass is 19.4. The number of imidazole rings is 1. The van der Waals surface area contributed by atoms with Crippen molar-refractivity contribution in [1.29, 1.82) is 0 Å². The molecule has 0 bridgehead atoms. The average Bonchev–Trinajstić information content (AvgIpc) is 3.43. The number of rotatable bonds is 7. The quantitative estimate of drug-likeness (QED) is 0.154. The van der Waals surface area contributed by atoms with Crippen molar-refractivity contribution in [3.63, 3.8) is 0 Å². The summed E-state index contributed by atoms with van der Waals surface area (Å²) < 4.78 is 41.3. The van der Waals surface area contributed by atoms with Gasteiger partial charge in [-0.15, -0.1) is 0 Å². The summed E-state index contributed by atoms with van der Waals surface area (Å²) in [5, 5.41) is 9.63. The number of allylic oxidation sites excluding steroid dienone is 1. The number of hydrogen-bond donors (Lipinski definition) is 4. The summed E-state index contributed by atoms with van der Waals surface area (Å²) >= 11 is 0. The van der Waals surface area contributed by atoms with Crippen molar-refractivity contribution in [2.45, 2.75) is 32.0 Å². The number of nitrogens with two attached hydrogens (primary N) is 1. The van der Waals surface area contributed by atoms with Gasteiger partial charge in [-0.25, -0.2) is 4.98 Å². The highest BCUT2D eigenvalue weighted by Crippen LogP contribution is 2.31. The second-order valence-electron chi connectivity index (χ2n) is 10.2. The molecule has 0 radical (unpaired) electrons. The lowest BCUT2D eigenvalue weighted by molar-refractivity contribution is -0.137. The second kappa shape index (κ2) is 12.9. The summed E-state index contributed by atoms with van der Waals surface area (Å²) in [5.41, 5.74) is 11.1. The van der Waals surface area contributed by atoms with Gasteiger partial charge in [0.1, 0.15) is 5.69 Å². The number of alkyl halides is 3. The molecule has 1 aliphatic heterocycles. The third-order valence-corrected chi connectivity index (χ3v) is 7.12. The Kier molecular flexibility index (Phi) is 8.83. The van der Waals surface area contributed by atoms with Crippen molar-refractivity contribution in [3.8, 4) is 11.8 Å². The smallest absolute Gasteiger partial charge is 0.403 e. The van der Waals surface area contributed by atoms with Crippen molar-refractivity contribution >= 4 is 28.9 Å². The van der Waals surface area contributed by atoms with E-state index in [0.717, 1.165) is 54.9 Å². The number of aromatic nitrogens is 2. The van der Waals surface area contributed by atoms with Gasteiger partial charge in [0.05, 0.1) is 29.2 Å². The number of piperidine rings is 1. The Morgan fingerprint density at radius 1 is 1.12 bits per heavy atom. The summed E-state index contributed by atoms with van der Waals surface area (Å²) in [6, 6.07) is 14.7. The number of halogens is 3. The monoisotopic (exact) mass is 583 g/mol. The molecule has 0 aliphatic carbocycles. The molecule has 1 aliphatic rings. The molecule has 5 rings (SSSR count). The van der Waals surface area contributed by atoms with Crippen LogP contribution in [0.3, 0.4) is 0 Å². The number of nitrogens with zero attached hydrogens (tertiary/aromatic N) is 3. The molecule has 0 amide bonds. The van der Waals surface area contributed by atoms with E-state index in [9.17, 15) is 13.2 Å². The first-order chi connectivity index (χ1) is 20.7. The molecule has 43 heavy (non-hydrogen) atoms. The maximum absolute atomic E-state index is 13.1. The Balaban J connectivity index is 1.34. The first-order valence-corrected chi connectivity index (χ1v) is 13.9. The Morgan fingerprint density at radius 2 is 1.93 bits per heavy atom. The Labute approximate surface area is 248 Å². The molecule has 1 fully saturated rings. The maximum Gasteiger partial charge on any atom is 0.416 e. The van der Waals surface area contributed by atoms with E-state index in [2.05, 4.69) is 44.3 Å². The fourth-order valence-corrected chi connectivity index (χ4v) is 4.71. The van der Waals surface area contributed by atoms with Gasteiger partial charge in [0.15, 0.2) is 5.65 Å². The van der Waals surface area contributed by atoms with Crippen LogP contribution in [0.15, 0.2) is 90.5 Å². The van der Waals surface area contributed by atoms with E-state index in [0.29, 0.717) is 34.0 Å². The highest BCUT2D eigenvalue weighted by molar-refractivity contribution is 5.86. The summed E-state index contributed by atoms with van der Waals surface area (Å²) in [5.74, 6) is 6.42. The third kappa shape index (κ3) is 7.26. The van der Waals surface area contributed by atoms with Crippen LogP contribution in [0.1, 0.15) is 40.8 Å². The molecule has 2 aromatic heterocycles. The van der Waals surface area contributed by atoms with Gasteiger partial charge >= 0.3 is 6.18 Å². The van der Waals surface area contributed by atoms with Gasteiger partial charge in [-0.1, -0.05) is 30.7 Å². The molecule has 2 aromatic carbocycles. The number of pyridine rings is 1. The number of aryl methyl sites for hydroxylation is 1. The number of nitrogens with one attached hydrogen (secondary N) is 3. The lowest BCUT2D eigenvalue weighted by Gasteiger charge is -2.18. The predicted octanol–water partition coefficient (Wildman–Crippen LogP) is 6.18. The highest BCUT2D eigenvalue weighted by Gasteiger charge is 2.30. The molecule has 10 heteroatoms. The molecule has 4 aromatic rings. The zero-order chi connectivity index (χ0) is 30.4. The van der Waals surface area contributed by atoms with Crippen LogP contribution in [-0.4, -0.2) is 34.7 Å². The second-order valence-corrected chi connectivity index (χ2v) is 10.2. The van der Waals surface area contributed by atoms with Crippen LogP contribution in [-0.2, 0) is 6.18 Å². The molecule has 220 valence electrons. The van der Waals surface area contributed by atoms with E-state index in [-0.39, 0.29) is 6.04 Å². The van der Waals surface area contributed by atoms with Gasteiger partial charge < -0.3 is 21.7 Å². The van der Waals surface area contributed by atoms with Crippen LogP contribution in [0.2, 0.25) is 0 Å². The van der Waals surface area contributed by atoms with Crippen LogP contribution in [0.4, 0.5) is 24.5 Å². The minimum absolute atomic E-state index is 0.276. The molecule has 1 saturated heterocycles. The summed E-state index contributed by atoms with van der Waals surface area (Å²) in [6.45, 7) is 7.89. The molecule has 5 N–H and O–H groups in total. The SMILES string of the molecule is C=C(Nc1cccc(C(F)(F)F)c1)c1ccc(C)c(C#Cc2cnc3c(NC(C=NC4CCNCC4)=CN)cccn23)c1. The normalized spacial score (nSPS) is 14.5. The lowest BCUT2D eigenvalue weighted by atomic mass is 10.0. The fourth-order valence-electron chi connectivity index (χ4n) is 4.71. The summed E-state index contributed by atoms with van der Waals surface area (Å²) in [6.07, 6.45) is 4.42. The largest absolute Gasteiger partial charge is 0.416 e. The Morgan fingerprint density at radius 3 is 2.70 bits per heavy atom.